The van der Waals surface area contributed by atoms with Crippen LogP contribution in [-0.2, 0) is 22.5 Å². The minimum atomic E-state index is -0.874. The molecule has 1 aliphatic rings. The Balaban J connectivity index is 1.60. The number of rotatable bonds is 14. The lowest BCUT2D eigenvalue weighted by atomic mass is 9.98. The van der Waals surface area contributed by atoms with Gasteiger partial charge in [-0.15, -0.1) is 12.5 Å². The van der Waals surface area contributed by atoms with Gasteiger partial charge in [-0.05, 0) is 55.7 Å². The third kappa shape index (κ3) is 9.47. The van der Waals surface area contributed by atoms with E-state index in [1.807, 2.05) is 54.6 Å². The van der Waals surface area contributed by atoms with Crippen molar-refractivity contribution in [3.63, 3.8) is 0 Å². The molecule has 0 aliphatic carbocycles. The summed E-state index contributed by atoms with van der Waals surface area (Å²) in [5.74, 6) is 7.01. The van der Waals surface area contributed by atoms with Crippen LogP contribution in [0.1, 0.15) is 87.5 Å². The smallest absolute Gasteiger partial charge is 0.157 e. The van der Waals surface area contributed by atoms with Crippen LogP contribution < -0.4 is 4.74 Å². The maximum absolute atomic E-state index is 10.9. The Morgan fingerprint density at radius 2 is 1.97 bits per heavy atom. The highest BCUT2D eigenvalue weighted by Gasteiger charge is 2.19. The second-order valence-electron chi connectivity index (χ2n) is 9.40. The van der Waals surface area contributed by atoms with Crippen LogP contribution in [0.5, 0.6) is 5.75 Å². The summed E-state index contributed by atoms with van der Waals surface area (Å²) < 4.78 is 18.2. The number of benzene rings is 2. The Morgan fingerprint density at radius 1 is 1.11 bits per heavy atom. The molecule has 1 fully saturated rings. The molecule has 1 N–H and O–H groups in total. The quantitative estimate of drug-likeness (QED) is 0.171. The molecule has 4 nitrogen and oxygen atoms in total. The van der Waals surface area contributed by atoms with Crippen LogP contribution in [0, 0.1) is 11.8 Å². The molecular formula is C32H42O4. The van der Waals surface area contributed by atoms with Crippen molar-refractivity contribution in [1.82, 2.24) is 0 Å². The molecule has 1 aliphatic heterocycles. The van der Waals surface area contributed by atoms with Gasteiger partial charge in [0, 0.05) is 18.6 Å². The molecule has 36 heavy (non-hydrogen) atoms. The first-order valence-corrected chi connectivity index (χ1v) is 13.5. The summed E-state index contributed by atoms with van der Waals surface area (Å²) in [6, 6.07) is 15.8. The van der Waals surface area contributed by atoms with E-state index in [-0.39, 0.29) is 12.4 Å². The van der Waals surface area contributed by atoms with Crippen molar-refractivity contribution < 1.29 is 19.3 Å². The highest BCUT2D eigenvalue weighted by molar-refractivity contribution is 5.44. The number of ether oxygens (including phenoxy) is 3. The van der Waals surface area contributed by atoms with Gasteiger partial charge in [-0.1, -0.05) is 80.6 Å². The summed E-state index contributed by atoms with van der Waals surface area (Å²) in [5, 5.41) is 10.9. The Kier molecular flexibility index (Phi) is 12.6. The molecule has 0 amide bonds. The van der Waals surface area contributed by atoms with Gasteiger partial charge < -0.3 is 19.3 Å². The molecule has 1 heterocycles. The van der Waals surface area contributed by atoms with E-state index in [4.69, 9.17) is 14.2 Å². The zero-order chi connectivity index (χ0) is 25.4. The summed E-state index contributed by atoms with van der Waals surface area (Å²) >= 11 is 0. The first kappa shape index (κ1) is 28.0. The lowest BCUT2D eigenvalue weighted by molar-refractivity contribution is -0.190. The zero-order valence-electron chi connectivity index (χ0n) is 21.8. The van der Waals surface area contributed by atoms with Crippen LogP contribution in [0.15, 0.2) is 61.2 Å². The van der Waals surface area contributed by atoms with Crippen molar-refractivity contribution in [2.24, 2.45) is 0 Å². The molecule has 3 rings (SSSR count). The lowest BCUT2D eigenvalue weighted by Gasteiger charge is -2.27. The van der Waals surface area contributed by atoms with Gasteiger partial charge in [0.1, 0.15) is 18.5 Å². The van der Waals surface area contributed by atoms with Crippen molar-refractivity contribution in [3.05, 3.63) is 77.9 Å². The standard InChI is InChI=1S/C32H42O4/c1-3-5-7-18-27(36-32-23-12-13-24-34-32)19-10-11-21-30(33)28-20-14-22-31(29(28)15-4-2)35-25-26-16-8-6-9-17-26/h4,6,8-9,14,16-17,20,22,27,30,32-33H,2-3,5,7,10,12-13,15,18-19,23-25H2,1H3/t27-,30+,32?/m1/s1. The zero-order valence-corrected chi connectivity index (χ0v) is 21.8. The molecule has 2 aromatic carbocycles. The van der Waals surface area contributed by atoms with Gasteiger partial charge in [0.05, 0.1) is 6.10 Å². The van der Waals surface area contributed by atoms with Crippen LogP contribution in [0.3, 0.4) is 0 Å². The molecule has 0 saturated carbocycles. The number of hydrogen-bond donors (Lipinski definition) is 1. The van der Waals surface area contributed by atoms with Crippen molar-refractivity contribution in [1.29, 1.82) is 0 Å². The second kappa shape index (κ2) is 16.2. The summed E-state index contributed by atoms with van der Waals surface area (Å²) in [6.45, 7) is 7.37. The third-order valence-electron chi connectivity index (χ3n) is 6.49. The molecule has 3 atom stereocenters. The number of aliphatic hydroxyl groups excluding tert-OH is 1. The average molecular weight is 491 g/mol. The van der Waals surface area contributed by atoms with E-state index in [1.54, 1.807) is 0 Å². The molecule has 1 unspecified atom stereocenters. The van der Waals surface area contributed by atoms with Crippen LogP contribution in [0.2, 0.25) is 0 Å². The first-order chi connectivity index (χ1) is 17.7. The van der Waals surface area contributed by atoms with Crippen molar-refractivity contribution in [2.75, 3.05) is 6.61 Å². The van der Waals surface area contributed by atoms with Crippen molar-refractivity contribution in [2.45, 2.75) is 96.2 Å². The van der Waals surface area contributed by atoms with Gasteiger partial charge in [0.15, 0.2) is 6.29 Å². The summed E-state index contributed by atoms with van der Waals surface area (Å²) in [6.07, 6.45) is 11.0. The van der Waals surface area contributed by atoms with E-state index >= 15 is 0 Å². The van der Waals surface area contributed by atoms with E-state index in [9.17, 15) is 5.11 Å². The Labute approximate surface area is 217 Å². The van der Waals surface area contributed by atoms with Gasteiger partial charge in [-0.25, -0.2) is 0 Å². The maximum Gasteiger partial charge on any atom is 0.157 e. The molecule has 0 radical (unpaired) electrons. The average Bonchev–Trinajstić information content (AvgIpc) is 2.91. The molecule has 0 aromatic heterocycles. The number of allylic oxidation sites excluding steroid dienone is 1. The number of hydrogen-bond acceptors (Lipinski definition) is 4. The van der Waals surface area contributed by atoms with Crippen molar-refractivity contribution >= 4 is 0 Å². The fourth-order valence-corrected chi connectivity index (χ4v) is 4.49. The largest absolute Gasteiger partial charge is 0.489 e. The van der Waals surface area contributed by atoms with Gasteiger partial charge in [0.2, 0.25) is 0 Å². The Bertz CT molecular complexity index is 953. The van der Waals surface area contributed by atoms with Gasteiger partial charge in [-0.2, -0.15) is 0 Å². The molecule has 4 heteroatoms. The van der Waals surface area contributed by atoms with Gasteiger partial charge in [0.25, 0.3) is 0 Å². The first-order valence-electron chi connectivity index (χ1n) is 13.5. The predicted octanol–water partition coefficient (Wildman–Crippen LogP) is 7.30. The van der Waals surface area contributed by atoms with E-state index < -0.39 is 6.10 Å². The SMILES string of the molecule is C=CCc1c(OCc2ccccc2)cccc1[C@@H](O)C#CCC[C@@H](CCCCC)OC1CCCCO1. The van der Waals surface area contributed by atoms with Crippen LogP contribution in [-0.4, -0.2) is 24.1 Å². The molecule has 0 bridgehead atoms. The van der Waals surface area contributed by atoms with E-state index in [0.29, 0.717) is 19.4 Å². The molecule has 2 aromatic rings. The monoisotopic (exact) mass is 490 g/mol. The van der Waals surface area contributed by atoms with Crippen LogP contribution >= 0.6 is 0 Å². The molecular weight excluding hydrogens is 448 g/mol. The van der Waals surface area contributed by atoms with Gasteiger partial charge >= 0.3 is 0 Å². The second-order valence-corrected chi connectivity index (χ2v) is 9.40. The molecule has 0 spiro atoms. The Hall–Kier alpha value is -2.58. The summed E-state index contributed by atoms with van der Waals surface area (Å²) in [7, 11) is 0. The fraction of sp³-hybridized carbons (Fsp3) is 0.500. The summed E-state index contributed by atoms with van der Waals surface area (Å²) in [4.78, 5) is 0. The highest BCUT2D eigenvalue weighted by atomic mass is 16.7. The predicted molar refractivity (Wildman–Crippen MR) is 146 cm³/mol. The number of aliphatic hydroxyl groups is 1. The van der Waals surface area contributed by atoms with E-state index in [1.165, 1.54) is 19.3 Å². The normalized spacial score (nSPS) is 17.0. The fourth-order valence-electron chi connectivity index (χ4n) is 4.49. The maximum atomic E-state index is 10.9. The lowest BCUT2D eigenvalue weighted by Crippen LogP contribution is -2.28. The van der Waals surface area contributed by atoms with Crippen molar-refractivity contribution in [3.8, 4) is 17.6 Å². The Morgan fingerprint density at radius 3 is 2.72 bits per heavy atom. The van der Waals surface area contributed by atoms with Crippen LogP contribution in [0.4, 0.5) is 0 Å². The minimum Gasteiger partial charge on any atom is -0.489 e. The van der Waals surface area contributed by atoms with E-state index in [2.05, 4.69) is 25.3 Å². The summed E-state index contributed by atoms with van der Waals surface area (Å²) in [5.41, 5.74) is 2.81. The third-order valence-corrected chi connectivity index (χ3v) is 6.49. The molecule has 1 saturated heterocycles. The highest BCUT2D eigenvalue weighted by Crippen LogP contribution is 2.29. The number of unbranched alkanes of at least 4 members (excludes halogenated alkanes) is 2. The topological polar surface area (TPSA) is 47.9 Å². The minimum absolute atomic E-state index is 0.0796. The molecule has 194 valence electrons. The van der Waals surface area contributed by atoms with Crippen LogP contribution in [0.25, 0.3) is 0 Å². The van der Waals surface area contributed by atoms with Gasteiger partial charge in [-0.3, -0.25) is 0 Å². The van der Waals surface area contributed by atoms with E-state index in [0.717, 1.165) is 61.2 Å².